The first-order chi connectivity index (χ1) is 15.0. The van der Waals surface area contributed by atoms with Gasteiger partial charge in [0.2, 0.25) is 11.8 Å². The highest BCUT2D eigenvalue weighted by molar-refractivity contribution is 7.15. The van der Waals surface area contributed by atoms with Crippen LogP contribution in [0.1, 0.15) is 51.5 Å². The van der Waals surface area contributed by atoms with Crippen LogP contribution in [-0.4, -0.2) is 36.1 Å². The summed E-state index contributed by atoms with van der Waals surface area (Å²) in [6.45, 7) is 9.25. The molecule has 0 saturated carbocycles. The van der Waals surface area contributed by atoms with Gasteiger partial charge in [-0.1, -0.05) is 6.07 Å². The number of nitrogens with zero attached hydrogens (tertiary/aromatic N) is 1. The summed E-state index contributed by atoms with van der Waals surface area (Å²) in [6, 6.07) is 10.5. The predicted molar refractivity (Wildman–Crippen MR) is 127 cm³/mol. The summed E-state index contributed by atoms with van der Waals surface area (Å²) < 4.78 is 5.12. The minimum absolute atomic E-state index is 0.0708. The Bertz CT molecular complexity index is 1010. The van der Waals surface area contributed by atoms with E-state index < -0.39 is 11.7 Å². The zero-order chi connectivity index (χ0) is 23.5. The number of alkyl carbamates (subject to hydrolysis) is 1. The molecule has 32 heavy (non-hydrogen) atoms. The van der Waals surface area contributed by atoms with Crippen LogP contribution in [0.5, 0.6) is 0 Å². The fourth-order valence-corrected chi connectivity index (χ4v) is 4.67. The predicted octanol–water partition coefficient (Wildman–Crippen LogP) is 4.24. The van der Waals surface area contributed by atoms with Gasteiger partial charge in [0.1, 0.15) is 12.1 Å². The van der Waals surface area contributed by atoms with Crippen molar-refractivity contribution in [3.63, 3.8) is 0 Å². The zero-order valence-electron chi connectivity index (χ0n) is 19.3. The number of thiophene rings is 1. The number of hydrogen-bond acceptors (Lipinski definition) is 5. The van der Waals surface area contributed by atoms with Gasteiger partial charge in [0, 0.05) is 28.4 Å². The first-order valence-corrected chi connectivity index (χ1v) is 11.6. The lowest BCUT2D eigenvalue weighted by Crippen LogP contribution is -2.40. The molecule has 1 aromatic heterocycles. The standard InChI is InChI=1S/C24H31N3O4S/c1-15-6-7-17-12-18(8-10-20(17)27(15)16(2)28)21-11-9-19(32-21)13-25-22(29)14-26-23(30)31-24(3,4)5/h8-12,15H,6-7,13-14H2,1-5H3,(H,25,29)(H,26,30). The van der Waals surface area contributed by atoms with Crippen LogP contribution in [0.2, 0.25) is 0 Å². The summed E-state index contributed by atoms with van der Waals surface area (Å²) in [5, 5.41) is 5.26. The lowest BCUT2D eigenvalue weighted by molar-refractivity contribution is -0.120. The maximum absolute atomic E-state index is 12.1. The van der Waals surface area contributed by atoms with Crippen molar-refractivity contribution in [2.45, 2.75) is 65.6 Å². The average molecular weight is 458 g/mol. The van der Waals surface area contributed by atoms with Gasteiger partial charge in [-0.2, -0.15) is 0 Å². The van der Waals surface area contributed by atoms with Gasteiger partial charge in [-0.3, -0.25) is 9.59 Å². The van der Waals surface area contributed by atoms with Crippen molar-refractivity contribution in [2.75, 3.05) is 11.4 Å². The van der Waals surface area contributed by atoms with Crippen LogP contribution in [0.15, 0.2) is 30.3 Å². The number of nitrogens with one attached hydrogen (secondary N) is 2. The van der Waals surface area contributed by atoms with E-state index in [4.69, 9.17) is 4.74 Å². The smallest absolute Gasteiger partial charge is 0.408 e. The molecular formula is C24H31N3O4S. The number of ether oxygens (including phenoxy) is 1. The molecule has 1 unspecified atom stereocenters. The molecule has 1 aliphatic heterocycles. The molecule has 0 saturated heterocycles. The second-order valence-corrected chi connectivity index (χ2v) is 10.2. The minimum Gasteiger partial charge on any atom is -0.444 e. The molecular weight excluding hydrogens is 426 g/mol. The van der Waals surface area contributed by atoms with E-state index in [1.54, 1.807) is 39.0 Å². The Kier molecular flexibility index (Phi) is 7.23. The zero-order valence-corrected chi connectivity index (χ0v) is 20.1. The molecule has 3 rings (SSSR count). The van der Waals surface area contributed by atoms with E-state index in [1.165, 1.54) is 5.56 Å². The molecule has 3 amide bonds. The summed E-state index contributed by atoms with van der Waals surface area (Å²) in [5.41, 5.74) is 2.69. The second-order valence-electron chi connectivity index (χ2n) is 9.02. The van der Waals surface area contributed by atoms with Crippen LogP contribution in [0.3, 0.4) is 0 Å². The quantitative estimate of drug-likeness (QED) is 0.703. The largest absolute Gasteiger partial charge is 0.444 e. The van der Waals surface area contributed by atoms with Crippen molar-refractivity contribution in [1.29, 1.82) is 0 Å². The molecule has 2 N–H and O–H groups in total. The van der Waals surface area contributed by atoms with Gasteiger partial charge in [0.05, 0.1) is 6.54 Å². The Balaban J connectivity index is 1.58. The van der Waals surface area contributed by atoms with E-state index >= 15 is 0 Å². The van der Waals surface area contributed by atoms with E-state index in [9.17, 15) is 14.4 Å². The first-order valence-electron chi connectivity index (χ1n) is 10.8. The molecule has 2 aromatic rings. The summed E-state index contributed by atoms with van der Waals surface area (Å²) >= 11 is 1.61. The Morgan fingerprint density at radius 2 is 1.91 bits per heavy atom. The fraction of sp³-hybridized carbons (Fsp3) is 0.458. The molecule has 8 heteroatoms. The minimum atomic E-state index is -0.615. The number of hydrogen-bond donors (Lipinski definition) is 2. The molecule has 2 heterocycles. The monoisotopic (exact) mass is 457 g/mol. The number of fused-ring (bicyclic) bond motifs is 1. The Morgan fingerprint density at radius 3 is 2.59 bits per heavy atom. The van der Waals surface area contributed by atoms with Crippen LogP contribution in [0, 0.1) is 0 Å². The molecule has 1 aliphatic rings. The molecule has 0 aliphatic carbocycles. The third kappa shape index (κ3) is 6.09. The fourth-order valence-electron chi connectivity index (χ4n) is 3.73. The van der Waals surface area contributed by atoms with E-state index in [2.05, 4.69) is 23.6 Å². The summed E-state index contributed by atoms with van der Waals surface area (Å²) in [5.74, 6) is -0.209. The van der Waals surface area contributed by atoms with Crippen LogP contribution in [-0.2, 0) is 27.3 Å². The highest BCUT2D eigenvalue weighted by Gasteiger charge is 2.26. The number of aryl methyl sites for hydroxylation is 1. The maximum Gasteiger partial charge on any atom is 0.408 e. The third-order valence-corrected chi connectivity index (χ3v) is 6.28. The molecule has 172 valence electrons. The van der Waals surface area contributed by atoms with Gasteiger partial charge in [-0.15, -0.1) is 11.3 Å². The van der Waals surface area contributed by atoms with Gasteiger partial charge < -0.3 is 20.3 Å². The third-order valence-electron chi connectivity index (χ3n) is 5.15. The van der Waals surface area contributed by atoms with Crippen molar-refractivity contribution >= 4 is 34.9 Å². The second kappa shape index (κ2) is 9.73. The molecule has 0 fully saturated rings. The lowest BCUT2D eigenvalue weighted by Gasteiger charge is -2.34. The summed E-state index contributed by atoms with van der Waals surface area (Å²) in [6.07, 6.45) is 1.29. The number of rotatable bonds is 5. The Morgan fingerprint density at radius 1 is 1.16 bits per heavy atom. The lowest BCUT2D eigenvalue weighted by atomic mass is 9.94. The summed E-state index contributed by atoms with van der Waals surface area (Å²) in [7, 11) is 0. The first kappa shape index (κ1) is 23.8. The number of benzene rings is 1. The van der Waals surface area contributed by atoms with Crippen molar-refractivity contribution < 1.29 is 19.1 Å². The topological polar surface area (TPSA) is 87.7 Å². The highest BCUT2D eigenvalue weighted by Crippen LogP contribution is 2.36. The molecule has 0 radical (unpaired) electrons. The molecule has 0 bridgehead atoms. The van der Waals surface area contributed by atoms with Crippen molar-refractivity contribution in [2.24, 2.45) is 0 Å². The Labute approximate surface area is 193 Å². The average Bonchev–Trinajstić information content (AvgIpc) is 3.18. The van der Waals surface area contributed by atoms with Gasteiger partial charge in [0.15, 0.2) is 0 Å². The van der Waals surface area contributed by atoms with Crippen LogP contribution < -0.4 is 15.5 Å². The summed E-state index contributed by atoms with van der Waals surface area (Å²) in [4.78, 5) is 39.7. The highest BCUT2D eigenvalue weighted by atomic mass is 32.1. The number of amides is 3. The SMILES string of the molecule is CC(=O)N1c2ccc(-c3ccc(CNC(=O)CNC(=O)OC(C)(C)C)s3)cc2CCC1C. The number of carbonyl (C=O) groups excluding carboxylic acids is 3. The number of carbonyl (C=O) groups is 3. The van der Waals surface area contributed by atoms with Crippen molar-refractivity contribution in [3.8, 4) is 10.4 Å². The van der Waals surface area contributed by atoms with Crippen molar-refractivity contribution in [1.82, 2.24) is 10.6 Å². The Hall–Kier alpha value is -2.87. The molecule has 0 spiro atoms. The van der Waals surface area contributed by atoms with Crippen LogP contribution in [0.25, 0.3) is 10.4 Å². The van der Waals surface area contributed by atoms with Crippen LogP contribution >= 0.6 is 11.3 Å². The van der Waals surface area contributed by atoms with Gasteiger partial charge in [-0.05, 0) is 75.9 Å². The molecule has 1 aromatic carbocycles. The molecule has 7 nitrogen and oxygen atoms in total. The van der Waals surface area contributed by atoms with Crippen LogP contribution in [0.4, 0.5) is 10.5 Å². The van der Waals surface area contributed by atoms with E-state index in [0.717, 1.165) is 33.8 Å². The van der Waals surface area contributed by atoms with E-state index in [1.807, 2.05) is 29.2 Å². The van der Waals surface area contributed by atoms with Gasteiger partial charge in [0.25, 0.3) is 0 Å². The van der Waals surface area contributed by atoms with Gasteiger partial charge >= 0.3 is 6.09 Å². The van der Waals surface area contributed by atoms with Crippen molar-refractivity contribution in [3.05, 3.63) is 40.8 Å². The maximum atomic E-state index is 12.1. The molecule has 1 atom stereocenters. The van der Waals surface area contributed by atoms with E-state index in [-0.39, 0.29) is 24.4 Å². The number of anilines is 1. The van der Waals surface area contributed by atoms with Gasteiger partial charge in [-0.25, -0.2) is 4.79 Å². The van der Waals surface area contributed by atoms with E-state index in [0.29, 0.717) is 6.54 Å². The normalized spacial score (nSPS) is 15.7.